The maximum Gasteiger partial charge on any atom is 0.123 e. The molecular weight excluding hydrogens is 262 g/mol. The Kier molecular flexibility index (Phi) is 3.82. The van der Waals surface area contributed by atoms with Crippen LogP contribution in [0, 0.1) is 5.82 Å². The van der Waals surface area contributed by atoms with E-state index in [0.29, 0.717) is 22.3 Å². The van der Waals surface area contributed by atoms with Crippen molar-refractivity contribution in [1.82, 2.24) is 10.3 Å². The molecule has 5 heteroatoms. The second kappa shape index (κ2) is 5.34. The van der Waals surface area contributed by atoms with Crippen LogP contribution in [0.1, 0.15) is 5.56 Å². The highest BCUT2D eigenvalue weighted by atomic mass is 35.5. The highest BCUT2D eigenvalue weighted by molar-refractivity contribution is 6.38. The molecule has 0 aliphatic heterocycles. The monoisotopic (exact) mass is 269 g/mol. The largest absolute Gasteiger partial charge is 0.277 e. The maximum atomic E-state index is 12.7. The van der Waals surface area contributed by atoms with Crippen LogP contribution in [-0.4, -0.2) is 4.98 Å². The normalized spacial score (nSPS) is 10.3. The molecule has 2 nitrogen and oxygen atoms in total. The lowest BCUT2D eigenvalue weighted by Gasteiger charge is -2.06. The molecule has 0 saturated heterocycles. The lowest BCUT2D eigenvalue weighted by atomic mass is 10.2. The van der Waals surface area contributed by atoms with Gasteiger partial charge in [-0.25, -0.2) is 4.39 Å². The van der Waals surface area contributed by atoms with E-state index in [0.717, 1.165) is 5.56 Å². The van der Waals surface area contributed by atoms with Crippen LogP contribution in [0.25, 0.3) is 0 Å². The summed E-state index contributed by atoms with van der Waals surface area (Å²) < 4.78 is 12.7. The molecule has 1 heterocycles. The Morgan fingerprint density at radius 3 is 2.24 bits per heavy atom. The predicted octanol–water partition coefficient (Wildman–Crippen LogP) is 3.96. The molecule has 2 rings (SSSR count). The van der Waals surface area contributed by atoms with E-state index < -0.39 is 0 Å². The molecule has 0 saturated carbocycles. The SMILES string of the molecule is Fc1ccc(C[N]c2c(Cl)cncc2Cl)cc1. The van der Waals surface area contributed by atoms with E-state index in [2.05, 4.69) is 10.3 Å². The topological polar surface area (TPSA) is 27.0 Å². The third-order valence-corrected chi connectivity index (χ3v) is 2.71. The van der Waals surface area contributed by atoms with Gasteiger partial charge in [-0.05, 0) is 17.7 Å². The molecule has 0 bridgehead atoms. The van der Waals surface area contributed by atoms with E-state index >= 15 is 0 Å². The Morgan fingerprint density at radius 1 is 1.06 bits per heavy atom. The van der Waals surface area contributed by atoms with Crippen molar-refractivity contribution in [3.05, 3.63) is 58.1 Å². The van der Waals surface area contributed by atoms with Crippen molar-refractivity contribution in [3.8, 4) is 0 Å². The number of hydrogen-bond donors (Lipinski definition) is 0. The van der Waals surface area contributed by atoms with E-state index in [1.165, 1.54) is 24.5 Å². The van der Waals surface area contributed by atoms with Crippen LogP contribution in [0.5, 0.6) is 0 Å². The highest BCUT2D eigenvalue weighted by Crippen LogP contribution is 2.29. The first kappa shape index (κ1) is 12.1. The minimum atomic E-state index is -0.270. The lowest BCUT2D eigenvalue weighted by Crippen LogP contribution is -1.99. The van der Waals surface area contributed by atoms with Crippen LogP contribution in [0.15, 0.2) is 36.7 Å². The summed E-state index contributed by atoms with van der Waals surface area (Å²) in [4.78, 5) is 3.84. The van der Waals surface area contributed by atoms with Crippen molar-refractivity contribution >= 4 is 28.9 Å². The predicted molar refractivity (Wildman–Crippen MR) is 66.2 cm³/mol. The van der Waals surface area contributed by atoms with Gasteiger partial charge in [0.05, 0.1) is 22.3 Å². The first-order chi connectivity index (χ1) is 8.16. The van der Waals surface area contributed by atoms with E-state index in [-0.39, 0.29) is 5.82 Å². The van der Waals surface area contributed by atoms with Gasteiger partial charge >= 0.3 is 0 Å². The fraction of sp³-hybridized carbons (Fsp3) is 0.0833. The van der Waals surface area contributed by atoms with Crippen molar-refractivity contribution < 1.29 is 4.39 Å². The summed E-state index contributed by atoms with van der Waals surface area (Å²) in [5.74, 6) is -0.270. The second-order valence-corrected chi connectivity index (χ2v) is 4.21. The van der Waals surface area contributed by atoms with Crippen LogP contribution < -0.4 is 5.32 Å². The summed E-state index contributed by atoms with van der Waals surface area (Å²) in [5, 5.41) is 5.08. The number of rotatable bonds is 3. The van der Waals surface area contributed by atoms with Gasteiger partial charge < -0.3 is 0 Å². The zero-order valence-electron chi connectivity index (χ0n) is 8.70. The Morgan fingerprint density at radius 2 is 1.65 bits per heavy atom. The van der Waals surface area contributed by atoms with Crippen molar-refractivity contribution in [2.75, 3.05) is 0 Å². The van der Waals surface area contributed by atoms with E-state index in [4.69, 9.17) is 23.2 Å². The fourth-order valence-corrected chi connectivity index (χ4v) is 1.80. The standard InChI is InChI=1S/C12H8Cl2FN2/c13-10-6-16-7-11(14)12(10)17-5-8-1-3-9(15)4-2-8/h1-4,6-7H,5H2. The third-order valence-electron chi connectivity index (χ3n) is 2.16. The summed E-state index contributed by atoms with van der Waals surface area (Å²) in [5.41, 5.74) is 1.39. The van der Waals surface area contributed by atoms with Crippen LogP contribution in [0.4, 0.5) is 10.1 Å². The molecule has 0 amide bonds. The van der Waals surface area contributed by atoms with Gasteiger partial charge in [0.25, 0.3) is 0 Å². The van der Waals surface area contributed by atoms with E-state index in [9.17, 15) is 4.39 Å². The minimum Gasteiger partial charge on any atom is -0.277 e. The zero-order chi connectivity index (χ0) is 12.3. The smallest absolute Gasteiger partial charge is 0.123 e. The molecule has 1 aromatic heterocycles. The van der Waals surface area contributed by atoms with Crippen LogP contribution in [0.2, 0.25) is 10.0 Å². The Labute approximate surface area is 108 Å². The molecule has 0 atom stereocenters. The van der Waals surface area contributed by atoms with Gasteiger partial charge in [-0.15, -0.1) is 0 Å². The minimum absolute atomic E-state index is 0.270. The van der Waals surface area contributed by atoms with Crippen LogP contribution in [0.3, 0.4) is 0 Å². The van der Waals surface area contributed by atoms with Crippen molar-refractivity contribution in [3.63, 3.8) is 0 Å². The Balaban J connectivity index is 2.10. The Bertz CT molecular complexity index is 494. The molecule has 0 fully saturated rings. The van der Waals surface area contributed by atoms with Crippen molar-refractivity contribution in [2.45, 2.75) is 6.54 Å². The molecule has 0 unspecified atom stereocenters. The maximum absolute atomic E-state index is 12.7. The molecule has 1 aromatic carbocycles. The van der Waals surface area contributed by atoms with Gasteiger partial charge in [0.15, 0.2) is 0 Å². The number of halogens is 3. The van der Waals surface area contributed by atoms with Crippen LogP contribution in [-0.2, 0) is 6.54 Å². The number of hydrogen-bond acceptors (Lipinski definition) is 1. The molecule has 87 valence electrons. The number of nitrogens with zero attached hydrogens (tertiary/aromatic N) is 2. The van der Waals surface area contributed by atoms with Gasteiger partial charge in [-0.3, -0.25) is 10.3 Å². The number of benzene rings is 1. The molecule has 17 heavy (non-hydrogen) atoms. The zero-order valence-corrected chi connectivity index (χ0v) is 10.2. The molecular formula is C12H8Cl2FN2. The van der Waals surface area contributed by atoms with E-state index in [1.54, 1.807) is 12.1 Å². The van der Waals surface area contributed by atoms with Crippen molar-refractivity contribution in [1.29, 1.82) is 0 Å². The number of aromatic nitrogens is 1. The van der Waals surface area contributed by atoms with E-state index in [1.807, 2.05) is 0 Å². The van der Waals surface area contributed by atoms with Gasteiger partial charge in [0, 0.05) is 12.4 Å². The second-order valence-electron chi connectivity index (χ2n) is 3.39. The molecule has 1 radical (unpaired) electrons. The van der Waals surface area contributed by atoms with Gasteiger partial charge in [0.1, 0.15) is 5.82 Å². The summed E-state index contributed by atoms with van der Waals surface area (Å²) in [6.07, 6.45) is 2.97. The summed E-state index contributed by atoms with van der Waals surface area (Å²) in [6, 6.07) is 6.12. The quantitative estimate of drug-likeness (QED) is 0.829. The molecule has 0 spiro atoms. The first-order valence-corrected chi connectivity index (χ1v) is 5.63. The third kappa shape index (κ3) is 3.08. The lowest BCUT2D eigenvalue weighted by molar-refractivity contribution is 0.626. The molecule has 0 aliphatic rings. The molecule has 0 N–H and O–H groups in total. The van der Waals surface area contributed by atoms with Gasteiger partial charge in [-0.1, -0.05) is 35.3 Å². The van der Waals surface area contributed by atoms with Gasteiger partial charge in [0.2, 0.25) is 0 Å². The Hall–Kier alpha value is -1.32. The number of pyridine rings is 1. The van der Waals surface area contributed by atoms with Crippen LogP contribution >= 0.6 is 23.2 Å². The first-order valence-electron chi connectivity index (χ1n) is 4.88. The van der Waals surface area contributed by atoms with Gasteiger partial charge in [-0.2, -0.15) is 0 Å². The fourth-order valence-electron chi connectivity index (χ4n) is 1.32. The van der Waals surface area contributed by atoms with Crippen molar-refractivity contribution in [2.24, 2.45) is 0 Å². The summed E-state index contributed by atoms with van der Waals surface area (Å²) in [7, 11) is 0. The average molecular weight is 270 g/mol. The summed E-state index contributed by atoms with van der Waals surface area (Å²) >= 11 is 11.8. The highest BCUT2D eigenvalue weighted by Gasteiger charge is 2.07. The summed E-state index contributed by atoms with van der Waals surface area (Å²) in [6.45, 7) is 0.393. The average Bonchev–Trinajstić information content (AvgIpc) is 2.31. The molecule has 0 aliphatic carbocycles. The molecule has 2 aromatic rings.